The van der Waals surface area contributed by atoms with Crippen LogP contribution in [0.3, 0.4) is 0 Å². The lowest BCUT2D eigenvalue weighted by atomic mass is 10.0. The van der Waals surface area contributed by atoms with Gasteiger partial charge in [-0.15, -0.1) is 0 Å². The highest BCUT2D eigenvalue weighted by atomic mass is 16.5. The fourth-order valence-electron chi connectivity index (χ4n) is 1.30. The van der Waals surface area contributed by atoms with Gasteiger partial charge < -0.3 is 4.74 Å². The summed E-state index contributed by atoms with van der Waals surface area (Å²) < 4.78 is 4.98. The Bertz CT molecular complexity index is 125. The van der Waals surface area contributed by atoms with Crippen molar-refractivity contribution in [2.24, 2.45) is 5.92 Å². The molecule has 0 fully saturated rings. The molecule has 0 saturated carbocycles. The largest absolute Gasteiger partial charge is 0.385 e. The van der Waals surface area contributed by atoms with Crippen LogP contribution in [0.4, 0.5) is 0 Å². The summed E-state index contributed by atoms with van der Waals surface area (Å²) >= 11 is 0. The first-order chi connectivity index (χ1) is 5.66. The zero-order valence-electron chi connectivity index (χ0n) is 8.89. The second kappa shape index (κ2) is 7.35. The molecule has 0 aromatic carbocycles. The summed E-state index contributed by atoms with van der Waals surface area (Å²) in [5, 5.41) is 0. The number of allylic oxidation sites excluding steroid dienone is 2. The number of unbranched alkanes of at least 4 members (excludes halogenated alkanes) is 1. The minimum absolute atomic E-state index is 0.781. The van der Waals surface area contributed by atoms with Crippen LogP contribution in [0.1, 0.15) is 40.0 Å². The molecule has 0 amide bonds. The van der Waals surface area contributed by atoms with Crippen LogP contribution in [0.2, 0.25) is 0 Å². The molecule has 0 aliphatic rings. The van der Waals surface area contributed by atoms with E-state index in [1.807, 2.05) is 0 Å². The molecule has 12 heavy (non-hydrogen) atoms. The van der Waals surface area contributed by atoms with E-state index in [9.17, 15) is 0 Å². The van der Waals surface area contributed by atoms with Gasteiger partial charge >= 0.3 is 0 Å². The maximum Gasteiger partial charge on any atom is 0.0465 e. The zero-order chi connectivity index (χ0) is 9.40. The number of hydrogen-bond acceptors (Lipinski definition) is 1. The molecule has 0 aliphatic heterocycles. The monoisotopic (exact) mass is 170 g/mol. The lowest BCUT2D eigenvalue weighted by Gasteiger charge is -2.04. The van der Waals surface area contributed by atoms with Crippen LogP contribution in [0.15, 0.2) is 11.6 Å². The van der Waals surface area contributed by atoms with Gasteiger partial charge in [-0.25, -0.2) is 0 Å². The second-order valence-corrected chi connectivity index (χ2v) is 3.78. The first kappa shape index (κ1) is 11.7. The molecule has 0 heterocycles. The summed E-state index contributed by atoms with van der Waals surface area (Å²) in [6, 6.07) is 0. The van der Waals surface area contributed by atoms with E-state index in [-0.39, 0.29) is 0 Å². The van der Waals surface area contributed by atoms with Crippen LogP contribution in [-0.4, -0.2) is 13.7 Å². The van der Waals surface area contributed by atoms with Gasteiger partial charge in [-0.2, -0.15) is 0 Å². The Morgan fingerprint density at radius 2 is 2.08 bits per heavy atom. The predicted molar refractivity (Wildman–Crippen MR) is 54.3 cm³/mol. The van der Waals surface area contributed by atoms with E-state index in [1.54, 1.807) is 7.11 Å². The molecule has 0 N–H and O–H groups in total. The Hall–Kier alpha value is -0.300. The number of rotatable bonds is 6. The SMILES string of the molecule is COCCC/C=C(\C)CC(C)C. The molecular weight excluding hydrogens is 148 g/mol. The maximum absolute atomic E-state index is 4.98. The molecule has 0 aromatic heterocycles. The first-order valence-corrected chi connectivity index (χ1v) is 4.81. The van der Waals surface area contributed by atoms with E-state index >= 15 is 0 Å². The average molecular weight is 170 g/mol. The highest BCUT2D eigenvalue weighted by Crippen LogP contribution is 2.10. The predicted octanol–water partition coefficient (Wildman–Crippen LogP) is 3.41. The van der Waals surface area contributed by atoms with Crippen LogP contribution < -0.4 is 0 Å². The molecule has 0 atom stereocenters. The van der Waals surface area contributed by atoms with Crippen LogP contribution in [0, 0.1) is 5.92 Å². The van der Waals surface area contributed by atoms with Gasteiger partial charge in [0.25, 0.3) is 0 Å². The molecule has 0 unspecified atom stereocenters. The molecule has 0 bridgehead atoms. The zero-order valence-corrected chi connectivity index (χ0v) is 8.89. The molecule has 0 aromatic rings. The Morgan fingerprint density at radius 1 is 1.42 bits per heavy atom. The number of ether oxygens (including phenoxy) is 1. The van der Waals surface area contributed by atoms with E-state index in [0.29, 0.717) is 0 Å². The summed E-state index contributed by atoms with van der Waals surface area (Å²) in [4.78, 5) is 0. The Balaban J connectivity index is 3.41. The third-order valence-corrected chi connectivity index (χ3v) is 1.78. The van der Waals surface area contributed by atoms with Gasteiger partial charge in [-0.05, 0) is 32.1 Å². The Morgan fingerprint density at radius 3 is 2.58 bits per heavy atom. The smallest absolute Gasteiger partial charge is 0.0465 e. The summed E-state index contributed by atoms with van der Waals surface area (Å²) in [6.07, 6.45) is 5.87. The van der Waals surface area contributed by atoms with Crippen molar-refractivity contribution in [3.05, 3.63) is 11.6 Å². The molecular formula is C11H22O. The van der Waals surface area contributed by atoms with Crippen molar-refractivity contribution in [1.29, 1.82) is 0 Å². The van der Waals surface area contributed by atoms with E-state index in [1.165, 1.54) is 12.0 Å². The van der Waals surface area contributed by atoms with E-state index < -0.39 is 0 Å². The molecule has 0 radical (unpaired) electrons. The number of hydrogen-bond donors (Lipinski definition) is 0. The highest BCUT2D eigenvalue weighted by Gasteiger charge is 1.94. The lowest BCUT2D eigenvalue weighted by Crippen LogP contribution is -1.90. The Labute approximate surface area is 76.8 Å². The minimum atomic E-state index is 0.781. The minimum Gasteiger partial charge on any atom is -0.385 e. The summed E-state index contributed by atoms with van der Waals surface area (Å²) in [7, 11) is 1.75. The van der Waals surface area contributed by atoms with Crippen molar-refractivity contribution in [1.82, 2.24) is 0 Å². The van der Waals surface area contributed by atoms with Crippen molar-refractivity contribution >= 4 is 0 Å². The van der Waals surface area contributed by atoms with Crippen molar-refractivity contribution in [2.75, 3.05) is 13.7 Å². The van der Waals surface area contributed by atoms with Gasteiger partial charge in [0.15, 0.2) is 0 Å². The summed E-state index contributed by atoms with van der Waals surface area (Å²) in [5.41, 5.74) is 1.51. The fraction of sp³-hybridized carbons (Fsp3) is 0.818. The van der Waals surface area contributed by atoms with Crippen molar-refractivity contribution in [2.45, 2.75) is 40.0 Å². The summed E-state index contributed by atoms with van der Waals surface area (Å²) in [6.45, 7) is 7.61. The number of methoxy groups -OCH3 is 1. The molecule has 72 valence electrons. The van der Waals surface area contributed by atoms with Crippen LogP contribution >= 0.6 is 0 Å². The average Bonchev–Trinajstić information content (AvgIpc) is 1.97. The molecule has 0 saturated heterocycles. The first-order valence-electron chi connectivity index (χ1n) is 4.81. The van der Waals surface area contributed by atoms with Gasteiger partial charge in [0.2, 0.25) is 0 Å². The highest BCUT2D eigenvalue weighted by molar-refractivity contribution is 4.98. The van der Waals surface area contributed by atoms with Crippen molar-refractivity contribution in [3.63, 3.8) is 0 Å². The molecule has 1 heteroatoms. The topological polar surface area (TPSA) is 9.23 Å². The molecule has 0 spiro atoms. The van der Waals surface area contributed by atoms with Crippen LogP contribution in [0.25, 0.3) is 0 Å². The van der Waals surface area contributed by atoms with Crippen LogP contribution in [-0.2, 0) is 4.74 Å². The molecule has 0 aliphatic carbocycles. The lowest BCUT2D eigenvalue weighted by molar-refractivity contribution is 0.195. The molecule has 0 rings (SSSR count). The van der Waals surface area contributed by atoms with Gasteiger partial charge in [0.05, 0.1) is 0 Å². The van der Waals surface area contributed by atoms with Crippen molar-refractivity contribution < 1.29 is 4.74 Å². The van der Waals surface area contributed by atoms with E-state index in [0.717, 1.165) is 25.4 Å². The fourth-order valence-corrected chi connectivity index (χ4v) is 1.30. The quantitative estimate of drug-likeness (QED) is 0.438. The van der Waals surface area contributed by atoms with Gasteiger partial charge in [-0.3, -0.25) is 0 Å². The van der Waals surface area contributed by atoms with E-state index in [2.05, 4.69) is 26.8 Å². The Kier molecular flexibility index (Phi) is 7.17. The van der Waals surface area contributed by atoms with Gasteiger partial charge in [0.1, 0.15) is 0 Å². The molecule has 1 nitrogen and oxygen atoms in total. The normalized spacial score (nSPS) is 12.6. The van der Waals surface area contributed by atoms with Gasteiger partial charge in [0, 0.05) is 13.7 Å². The maximum atomic E-state index is 4.98. The van der Waals surface area contributed by atoms with Gasteiger partial charge in [-0.1, -0.05) is 25.5 Å². The second-order valence-electron chi connectivity index (χ2n) is 3.78. The van der Waals surface area contributed by atoms with E-state index in [4.69, 9.17) is 4.74 Å². The third-order valence-electron chi connectivity index (χ3n) is 1.78. The third kappa shape index (κ3) is 7.80. The standard InChI is InChI=1S/C11H22O/c1-10(2)9-11(3)7-5-6-8-12-4/h7,10H,5-6,8-9H2,1-4H3/b11-7+. The van der Waals surface area contributed by atoms with Crippen molar-refractivity contribution in [3.8, 4) is 0 Å². The van der Waals surface area contributed by atoms with Crippen LogP contribution in [0.5, 0.6) is 0 Å². The summed E-state index contributed by atoms with van der Waals surface area (Å²) in [5.74, 6) is 0.781.